The van der Waals surface area contributed by atoms with Crippen molar-refractivity contribution in [3.63, 3.8) is 0 Å². The molecule has 1 N–H and O–H groups in total. The number of hydrogen-bond donors (Lipinski definition) is 1. The van der Waals surface area contributed by atoms with Crippen LogP contribution < -0.4 is 9.47 Å². The maximum absolute atomic E-state index is 9.80. The molecule has 1 aliphatic heterocycles. The number of aromatic nitrogens is 3. The number of aliphatic hydroxyl groups excluding tert-OH is 1. The third-order valence-corrected chi connectivity index (χ3v) is 4.86. The highest BCUT2D eigenvalue weighted by Gasteiger charge is 2.19. The van der Waals surface area contributed by atoms with Gasteiger partial charge in [-0.15, -0.1) is 0 Å². The van der Waals surface area contributed by atoms with Crippen LogP contribution >= 0.6 is 12.2 Å². The molecule has 1 aromatic carbocycles. The average Bonchev–Trinajstić information content (AvgIpc) is 2.88. The van der Waals surface area contributed by atoms with E-state index in [-0.39, 0.29) is 6.10 Å². The zero-order valence-electron chi connectivity index (χ0n) is 14.6. The third kappa shape index (κ3) is 4.39. The fourth-order valence-corrected chi connectivity index (χ4v) is 3.12. The van der Waals surface area contributed by atoms with Crippen LogP contribution in [0, 0.1) is 4.77 Å². The van der Waals surface area contributed by atoms with E-state index in [1.807, 2.05) is 35.9 Å². The zero-order chi connectivity index (χ0) is 17.8. The minimum absolute atomic E-state index is 0.260. The van der Waals surface area contributed by atoms with Gasteiger partial charge in [-0.25, -0.2) is 4.68 Å². The lowest BCUT2D eigenvalue weighted by molar-refractivity contribution is 0.0511. The Morgan fingerprint density at radius 2 is 2.00 bits per heavy atom. The van der Waals surface area contributed by atoms with Crippen LogP contribution in [0.5, 0.6) is 11.5 Å². The van der Waals surface area contributed by atoms with Crippen molar-refractivity contribution in [2.45, 2.75) is 32.2 Å². The van der Waals surface area contributed by atoms with Crippen LogP contribution in [0.3, 0.4) is 0 Å². The summed E-state index contributed by atoms with van der Waals surface area (Å²) in [6.45, 7) is 2.54. The van der Waals surface area contributed by atoms with Gasteiger partial charge in [0.2, 0.25) is 0 Å². The van der Waals surface area contributed by atoms with E-state index in [1.165, 1.54) is 0 Å². The number of rotatable bonds is 6. The maximum Gasteiger partial charge on any atom is 0.198 e. The molecule has 0 saturated carbocycles. The SMILES string of the molecule is COc1ccc(OCc2nn(CN3CCC[C@H](O)C3)c(=S)n2C)cc1. The quantitative estimate of drug-likeness (QED) is 0.791. The van der Waals surface area contributed by atoms with E-state index in [2.05, 4.69) is 10.00 Å². The minimum Gasteiger partial charge on any atom is -0.497 e. The average molecular weight is 364 g/mol. The summed E-state index contributed by atoms with van der Waals surface area (Å²) in [6.07, 6.45) is 1.60. The number of piperidine rings is 1. The Bertz CT molecular complexity index is 756. The summed E-state index contributed by atoms with van der Waals surface area (Å²) >= 11 is 5.48. The van der Waals surface area contributed by atoms with Gasteiger partial charge in [0.05, 0.1) is 19.9 Å². The van der Waals surface area contributed by atoms with Gasteiger partial charge in [-0.2, -0.15) is 5.10 Å². The van der Waals surface area contributed by atoms with E-state index in [0.29, 0.717) is 24.6 Å². The molecule has 2 heterocycles. The first kappa shape index (κ1) is 17.9. The third-order valence-electron chi connectivity index (χ3n) is 4.37. The molecule has 1 saturated heterocycles. The molecule has 0 aliphatic carbocycles. The molecule has 8 heteroatoms. The smallest absolute Gasteiger partial charge is 0.198 e. The molecular weight excluding hydrogens is 340 g/mol. The lowest BCUT2D eigenvalue weighted by Crippen LogP contribution is -2.39. The van der Waals surface area contributed by atoms with Crippen LogP contribution in [0.25, 0.3) is 0 Å². The highest BCUT2D eigenvalue weighted by atomic mass is 32.1. The Morgan fingerprint density at radius 3 is 2.68 bits per heavy atom. The minimum atomic E-state index is -0.260. The van der Waals surface area contributed by atoms with Crippen LogP contribution in [0.4, 0.5) is 0 Å². The summed E-state index contributed by atoms with van der Waals surface area (Å²) in [5.41, 5.74) is 0. The number of ether oxygens (including phenoxy) is 2. The zero-order valence-corrected chi connectivity index (χ0v) is 15.4. The summed E-state index contributed by atoms with van der Waals surface area (Å²) < 4.78 is 15.2. The molecule has 1 aliphatic rings. The Labute approximate surface area is 152 Å². The summed E-state index contributed by atoms with van der Waals surface area (Å²) in [7, 11) is 3.53. The Balaban J connectivity index is 1.64. The van der Waals surface area contributed by atoms with E-state index < -0.39 is 0 Å². The first-order chi connectivity index (χ1) is 12.1. The lowest BCUT2D eigenvalue weighted by Gasteiger charge is -2.29. The van der Waals surface area contributed by atoms with Crippen LogP contribution in [0.2, 0.25) is 0 Å². The van der Waals surface area contributed by atoms with Crippen molar-refractivity contribution in [2.24, 2.45) is 7.05 Å². The first-order valence-electron chi connectivity index (χ1n) is 8.37. The molecule has 0 bridgehead atoms. The topological polar surface area (TPSA) is 64.7 Å². The van der Waals surface area contributed by atoms with Crippen LogP contribution in [0.1, 0.15) is 18.7 Å². The van der Waals surface area contributed by atoms with Crippen molar-refractivity contribution in [1.82, 2.24) is 19.2 Å². The molecule has 0 radical (unpaired) electrons. The molecule has 2 aromatic rings. The van der Waals surface area contributed by atoms with Crippen molar-refractivity contribution < 1.29 is 14.6 Å². The van der Waals surface area contributed by atoms with E-state index in [9.17, 15) is 5.11 Å². The van der Waals surface area contributed by atoms with Gasteiger partial charge in [-0.1, -0.05) is 0 Å². The van der Waals surface area contributed by atoms with Crippen molar-refractivity contribution in [1.29, 1.82) is 0 Å². The molecule has 0 unspecified atom stereocenters. The van der Waals surface area contributed by atoms with Gasteiger partial charge in [0.1, 0.15) is 18.1 Å². The molecule has 0 spiro atoms. The van der Waals surface area contributed by atoms with Crippen LogP contribution in [-0.2, 0) is 20.3 Å². The molecule has 1 atom stereocenters. The molecular formula is C17H24N4O3S. The van der Waals surface area contributed by atoms with Crippen LogP contribution in [0.15, 0.2) is 24.3 Å². The number of nitrogens with zero attached hydrogens (tertiary/aromatic N) is 4. The number of hydrogen-bond acceptors (Lipinski definition) is 6. The van der Waals surface area contributed by atoms with Gasteiger partial charge in [0.15, 0.2) is 10.6 Å². The van der Waals surface area contributed by atoms with E-state index >= 15 is 0 Å². The van der Waals surface area contributed by atoms with Gasteiger partial charge in [0.25, 0.3) is 0 Å². The summed E-state index contributed by atoms with van der Waals surface area (Å²) in [5.74, 6) is 2.30. The predicted octanol–water partition coefficient (Wildman–Crippen LogP) is 1.95. The van der Waals surface area contributed by atoms with Gasteiger partial charge in [-0.05, 0) is 49.3 Å². The predicted molar refractivity (Wildman–Crippen MR) is 96.2 cm³/mol. The normalized spacial score (nSPS) is 18.3. The molecule has 25 heavy (non-hydrogen) atoms. The van der Waals surface area contributed by atoms with Gasteiger partial charge in [0, 0.05) is 20.1 Å². The van der Waals surface area contributed by atoms with E-state index in [1.54, 1.807) is 11.8 Å². The van der Waals surface area contributed by atoms with Crippen molar-refractivity contribution >= 4 is 12.2 Å². The molecule has 7 nitrogen and oxygen atoms in total. The molecule has 1 aromatic heterocycles. The second-order valence-electron chi connectivity index (χ2n) is 6.24. The summed E-state index contributed by atoms with van der Waals surface area (Å²) in [5, 5.41) is 14.4. The second-order valence-corrected chi connectivity index (χ2v) is 6.60. The molecule has 136 valence electrons. The van der Waals surface area contributed by atoms with Crippen LogP contribution in [-0.4, -0.2) is 50.7 Å². The summed E-state index contributed by atoms with van der Waals surface area (Å²) in [6, 6.07) is 7.43. The lowest BCUT2D eigenvalue weighted by atomic mass is 10.1. The largest absolute Gasteiger partial charge is 0.497 e. The number of likely N-dealkylation sites (tertiary alicyclic amines) is 1. The van der Waals surface area contributed by atoms with Crippen molar-refractivity contribution in [2.75, 3.05) is 20.2 Å². The monoisotopic (exact) mass is 364 g/mol. The number of β-amino-alcohol motifs (C(OH)–C–C–N with tert-alkyl or cyclic N) is 1. The number of methoxy groups -OCH3 is 1. The Hall–Kier alpha value is -1.90. The standard InChI is InChI=1S/C17H24N4O3S/c1-19-16(11-24-15-7-5-14(23-2)6-8-15)18-21(17(19)25)12-20-9-3-4-13(22)10-20/h5-8,13,22H,3-4,9-12H2,1-2H3/t13-/m0/s1. The van der Waals surface area contributed by atoms with Gasteiger partial charge >= 0.3 is 0 Å². The first-order valence-corrected chi connectivity index (χ1v) is 8.77. The highest BCUT2D eigenvalue weighted by molar-refractivity contribution is 7.71. The maximum atomic E-state index is 9.80. The fourth-order valence-electron chi connectivity index (χ4n) is 2.92. The van der Waals surface area contributed by atoms with Gasteiger partial charge < -0.3 is 19.1 Å². The van der Waals surface area contributed by atoms with E-state index in [4.69, 9.17) is 21.7 Å². The van der Waals surface area contributed by atoms with Crippen molar-refractivity contribution in [3.8, 4) is 11.5 Å². The fraction of sp³-hybridized carbons (Fsp3) is 0.529. The van der Waals surface area contributed by atoms with Crippen molar-refractivity contribution in [3.05, 3.63) is 34.9 Å². The number of aliphatic hydroxyl groups is 1. The Morgan fingerprint density at radius 1 is 1.28 bits per heavy atom. The molecule has 3 rings (SSSR count). The molecule has 1 fully saturated rings. The van der Waals surface area contributed by atoms with E-state index in [0.717, 1.165) is 36.7 Å². The Kier molecular flexibility index (Phi) is 5.72. The van der Waals surface area contributed by atoms with Gasteiger partial charge in [-0.3, -0.25) is 4.90 Å². The second kappa shape index (κ2) is 7.99. The number of benzene rings is 1. The summed E-state index contributed by atoms with van der Waals surface area (Å²) in [4.78, 5) is 2.17. The molecule has 0 amide bonds. The highest BCUT2D eigenvalue weighted by Crippen LogP contribution is 2.18.